The highest BCUT2D eigenvalue weighted by atomic mass is 32.2. The van der Waals surface area contributed by atoms with E-state index in [4.69, 9.17) is 12.2 Å². The number of rotatable bonds is 4. The average Bonchev–Trinajstić information content (AvgIpc) is 2.67. The monoisotopic (exact) mass is 400 g/mol. The predicted molar refractivity (Wildman–Crippen MR) is 115 cm³/mol. The Labute approximate surface area is 166 Å². The summed E-state index contributed by atoms with van der Waals surface area (Å²) in [6, 6.07) is 18.3. The van der Waals surface area contributed by atoms with Crippen molar-refractivity contribution >= 4 is 64.0 Å². The number of hydrogen-bond donors (Lipinski definition) is 0. The fourth-order valence-corrected chi connectivity index (χ4v) is 4.46. The summed E-state index contributed by atoms with van der Waals surface area (Å²) in [5, 5.41) is 0.155. The molecule has 0 N–H and O–H groups in total. The zero-order valence-corrected chi connectivity index (χ0v) is 16.7. The van der Waals surface area contributed by atoms with Gasteiger partial charge in [0.1, 0.15) is 5.57 Å². The van der Waals surface area contributed by atoms with Crippen LogP contribution in [-0.2, 0) is 9.59 Å². The van der Waals surface area contributed by atoms with E-state index >= 15 is 0 Å². The van der Waals surface area contributed by atoms with Gasteiger partial charge in [-0.3, -0.25) is 19.4 Å². The highest BCUT2D eigenvalue weighted by molar-refractivity contribution is 8.21. The van der Waals surface area contributed by atoms with Gasteiger partial charge in [-0.15, -0.1) is 23.5 Å². The second kappa shape index (κ2) is 8.07. The van der Waals surface area contributed by atoms with E-state index < -0.39 is 11.8 Å². The van der Waals surface area contributed by atoms with Crippen LogP contribution in [0.5, 0.6) is 0 Å². The number of hydrogen-bond acceptors (Lipinski definition) is 5. The van der Waals surface area contributed by atoms with Gasteiger partial charge in [0.2, 0.25) is 0 Å². The van der Waals surface area contributed by atoms with E-state index in [1.165, 1.54) is 33.3 Å². The standard InChI is InChI=1S/C19H16N2O2S3/c1-25-18(26-2)15-16(22)20(13-9-5-3-6-10-13)19(24)21(17(15)23)14-11-7-4-8-12-14/h3-12H,1-2H3. The van der Waals surface area contributed by atoms with Crippen molar-refractivity contribution in [1.29, 1.82) is 0 Å². The molecule has 0 radical (unpaired) electrons. The first-order valence-corrected chi connectivity index (χ1v) is 10.6. The quantitative estimate of drug-likeness (QED) is 0.435. The zero-order valence-electron chi connectivity index (χ0n) is 14.2. The summed E-state index contributed by atoms with van der Waals surface area (Å²) in [6.45, 7) is 0. The number of carbonyl (C=O) groups is 2. The predicted octanol–water partition coefficient (Wildman–Crippen LogP) is 4.29. The smallest absolute Gasteiger partial charge is 0.268 e. The Balaban J connectivity index is 2.21. The molecule has 26 heavy (non-hydrogen) atoms. The molecule has 2 aromatic rings. The summed E-state index contributed by atoms with van der Waals surface area (Å²) in [4.78, 5) is 29.2. The molecule has 4 nitrogen and oxygen atoms in total. The number of anilines is 2. The molecule has 0 unspecified atom stereocenters. The molecule has 1 saturated heterocycles. The second-order valence-corrected chi connectivity index (χ2v) is 7.56. The molecule has 132 valence electrons. The zero-order chi connectivity index (χ0) is 18.7. The summed E-state index contributed by atoms with van der Waals surface area (Å²) < 4.78 is 0.671. The third-order valence-electron chi connectivity index (χ3n) is 3.82. The van der Waals surface area contributed by atoms with Gasteiger partial charge >= 0.3 is 0 Å². The summed E-state index contributed by atoms with van der Waals surface area (Å²) >= 11 is 8.32. The van der Waals surface area contributed by atoms with Crippen molar-refractivity contribution in [3.05, 3.63) is 70.5 Å². The third-order valence-corrected chi connectivity index (χ3v) is 6.34. The van der Waals surface area contributed by atoms with Crippen molar-refractivity contribution in [3.63, 3.8) is 0 Å². The topological polar surface area (TPSA) is 40.6 Å². The molecule has 0 atom stereocenters. The van der Waals surface area contributed by atoms with Gasteiger partial charge in [-0.25, -0.2) is 0 Å². The first kappa shape index (κ1) is 18.7. The van der Waals surface area contributed by atoms with Gasteiger partial charge < -0.3 is 0 Å². The van der Waals surface area contributed by atoms with Crippen LogP contribution < -0.4 is 9.80 Å². The van der Waals surface area contributed by atoms with Crippen LogP contribution in [-0.4, -0.2) is 29.4 Å². The van der Waals surface area contributed by atoms with Gasteiger partial charge in [-0.2, -0.15) is 0 Å². The summed E-state index contributed by atoms with van der Waals surface area (Å²) in [5.41, 5.74) is 1.41. The van der Waals surface area contributed by atoms with Crippen molar-refractivity contribution in [2.45, 2.75) is 0 Å². The summed E-state index contributed by atoms with van der Waals surface area (Å²) in [7, 11) is 0. The van der Waals surface area contributed by atoms with Gasteiger partial charge in [0.05, 0.1) is 15.6 Å². The number of benzene rings is 2. The second-order valence-electron chi connectivity index (χ2n) is 5.31. The molecular formula is C19H16N2O2S3. The summed E-state index contributed by atoms with van der Waals surface area (Å²) in [5.74, 6) is -0.783. The lowest BCUT2D eigenvalue weighted by Gasteiger charge is -2.37. The van der Waals surface area contributed by atoms with Crippen molar-refractivity contribution < 1.29 is 9.59 Å². The normalized spacial score (nSPS) is 14.8. The Kier molecular flexibility index (Phi) is 5.80. The maximum atomic E-state index is 13.2. The van der Waals surface area contributed by atoms with Crippen molar-refractivity contribution in [2.24, 2.45) is 0 Å². The molecule has 3 rings (SSSR count). The van der Waals surface area contributed by atoms with Gasteiger partial charge in [0, 0.05) is 0 Å². The Hall–Kier alpha value is -2.09. The van der Waals surface area contributed by atoms with E-state index in [2.05, 4.69) is 0 Å². The fourth-order valence-electron chi connectivity index (χ4n) is 2.66. The molecule has 0 aliphatic carbocycles. The minimum absolute atomic E-state index is 0.145. The minimum Gasteiger partial charge on any atom is -0.268 e. The van der Waals surface area contributed by atoms with E-state index in [-0.39, 0.29) is 10.7 Å². The van der Waals surface area contributed by atoms with Gasteiger partial charge in [-0.1, -0.05) is 36.4 Å². The molecule has 0 aromatic heterocycles. The van der Waals surface area contributed by atoms with Gasteiger partial charge in [0.15, 0.2) is 5.11 Å². The Morgan fingerprint density at radius 3 is 1.50 bits per heavy atom. The van der Waals surface area contributed by atoms with Crippen LogP contribution >= 0.6 is 35.7 Å². The van der Waals surface area contributed by atoms with Crippen molar-refractivity contribution in [1.82, 2.24) is 0 Å². The molecule has 1 aliphatic heterocycles. The molecule has 1 heterocycles. The molecule has 2 aromatic carbocycles. The van der Waals surface area contributed by atoms with Crippen LogP contribution in [0.25, 0.3) is 0 Å². The summed E-state index contributed by atoms with van der Waals surface area (Å²) in [6.07, 6.45) is 3.71. The lowest BCUT2D eigenvalue weighted by atomic mass is 10.1. The van der Waals surface area contributed by atoms with Crippen LogP contribution in [0.4, 0.5) is 11.4 Å². The molecule has 7 heteroatoms. The Morgan fingerprint density at radius 1 is 0.769 bits per heavy atom. The first-order valence-electron chi connectivity index (χ1n) is 7.75. The lowest BCUT2D eigenvalue weighted by molar-refractivity contribution is -0.120. The maximum Gasteiger partial charge on any atom is 0.271 e. The van der Waals surface area contributed by atoms with Gasteiger partial charge in [-0.05, 0) is 49.0 Å². The number of para-hydroxylation sites is 2. The molecule has 1 fully saturated rings. The SMILES string of the molecule is CSC(SC)=C1C(=O)N(c2ccccc2)C(=S)N(c2ccccc2)C1=O. The van der Waals surface area contributed by atoms with Crippen LogP contribution in [0, 0.1) is 0 Å². The van der Waals surface area contributed by atoms with E-state index in [1.807, 2.05) is 48.9 Å². The third kappa shape index (κ3) is 3.30. The highest BCUT2D eigenvalue weighted by Gasteiger charge is 2.42. The molecule has 2 amide bonds. The Bertz CT molecular complexity index is 813. The van der Waals surface area contributed by atoms with E-state index in [1.54, 1.807) is 24.3 Å². The highest BCUT2D eigenvalue weighted by Crippen LogP contribution is 2.35. The minimum atomic E-state index is -0.392. The number of amides is 2. The van der Waals surface area contributed by atoms with Crippen LogP contribution in [0.2, 0.25) is 0 Å². The van der Waals surface area contributed by atoms with Crippen molar-refractivity contribution in [3.8, 4) is 0 Å². The van der Waals surface area contributed by atoms with Crippen LogP contribution in [0.3, 0.4) is 0 Å². The van der Waals surface area contributed by atoms with Crippen LogP contribution in [0.1, 0.15) is 0 Å². The molecule has 1 aliphatic rings. The van der Waals surface area contributed by atoms with E-state index in [0.717, 1.165) is 0 Å². The molecule has 0 spiro atoms. The number of nitrogens with zero attached hydrogens (tertiary/aromatic N) is 2. The molecule has 0 bridgehead atoms. The van der Waals surface area contributed by atoms with Gasteiger partial charge in [0.25, 0.3) is 11.8 Å². The van der Waals surface area contributed by atoms with Crippen LogP contribution in [0.15, 0.2) is 70.5 Å². The van der Waals surface area contributed by atoms with Crippen molar-refractivity contribution in [2.75, 3.05) is 22.3 Å². The number of carbonyl (C=O) groups excluding carboxylic acids is 2. The molecular weight excluding hydrogens is 384 g/mol. The maximum absolute atomic E-state index is 13.2. The fraction of sp³-hybridized carbons (Fsp3) is 0.105. The largest absolute Gasteiger partial charge is 0.271 e. The number of thioether (sulfide) groups is 2. The van der Waals surface area contributed by atoms with E-state index in [9.17, 15) is 9.59 Å². The first-order chi connectivity index (χ1) is 12.6. The van der Waals surface area contributed by atoms with E-state index in [0.29, 0.717) is 15.6 Å². The molecule has 0 saturated carbocycles. The average molecular weight is 401 g/mol. The Morgan fingerprint density at radius 2 is 1.15 bits per heavy atom. The lowest BCUT2D eigenvalue weighted by Crippen LogP contribution is -2.57. The number of thiocarbonyl (C=S) groups is 1.